The number of nitrogens with zero attached hydrogens (tertiary/aromatic N) is 4. The average Bonchev–Trinajstić information content (AvgIpc) is 3.36. The molecule has 3 aliphatic heterocycles. The molecule has 0 spiro atoms. The minimum atomic E-state index is -0.626. The number of nitrogens with one attached hydrogen (secondary N) is 1. The number of benzene rings is 2. The van der Waals surface area contributed by atoms with E-state index in [-0.39, 0.29) is 18.2 Å². The molecule has 0 aromatic heterocycles. The number of carbonyl (C=O) groups excluding carboxylic acids is 3. The SMILES string of the molecule is CNC(=O)CCC(C=O)N1Cc2cc(OCC3CCCCN3Cc3ccccc3N3CCN(CC(C)C)CC3)ccc2C1=O. The van der Waals surface area contributed by atoms with Crippen LogP contribution in [0.25, 0.3) is 0 Å². The number of para-hydroxylation sites is 1. The number of likely N-dealkylation sites (tertiary alicyclic amines) is 1. The third kappa shape index (κ3) is 7.80. The zero-order valence-electron chi connectivity index (χ0n) is 26.7. The molecule has 2 aromatic rings. The molecule has 0 bridgehead atoms. The maximum absolute atomic E-state index is 13.1. The standard InChI is InChI=1S/C35H49N5O4/c1-26(2)21-37-16-18-38(19-17-37)33-10-5-4-8-27(33)22-39-15-7-6-9-30(39)25-44-31-12-13-32-28(20-31)23-40(35(32)43)29(24-41)11-14-34(42)36-3/h4-5,8,10,12-13,20,24,26,29-30H,6-7,9,11,14-19,21-23,25H2,1-3H3,(H,36,42). The molecular weight excluding hydrogens is 554 g/mol. The molecule has 0 radical (unpaired) electrons. The zero-order valence-corrected chi connectivity index (χ0v) is 26.7. The van der Waals surface area contributed by atoms with Crippen LogP contribution in [0.4, 0.5) is 5.69 Å². The van der Waals surface area contributed by atoms with Gasteiger partial charge in [-0.25, -0.2) is 0 Å². The van der Waals surface area contributed by atoms with Crippen molar-refractivity contribution in [2.45, 2.75) is 71.1 Å². The Morgan fingerprint density at radius 2 is 1.86 bits per heavy atom. The second-order valence-corrected chi connectivity index (χ2v) is 12.9. The summed E-state index contributed by atoms with van der Waals surface area (Å²) in [7, 11) is 1.57. The predicted octanol–water partition coefficient (Wildman–Crippen LogP) is 3.95. The Kier molecular flexibility index (Phi) is 10.9. The van der Waals surface area contributed by atoms with Crippen molar-refractivity contribution in [3.63, 3.8) is 0 Å². The molecule has 238 valence electrons. The first kappa shape index (κ1) is 32.0. The molecule has 2 unspecified atom stereocenters. The van der Waals surface area contributed by atoms with E-state index < -0.39 is 6.04 Å². The van der Waals surface area contributed by atoms with E-state index in [0.29, 0.717) is 37.1 Å². The second-order valence-electron chi connectivity index (χ2n) is 12.9. The highest BCUT2D eigenvalue weighted by atomic mass is 16.5. The van der Waals surface area contributed by atoms with Gasteiger partial charge >= 0.3 is 0 Å². The first-order valence-electron chi connectivity index (χ1n) is 16.4. The van der Waals surface area contributed by atoms with E-state index >= 15 is 0 Å². The summed E-state index contributed by atoms with van der Waals surface area (Å²) in [4.78, 5) is 45.8. The van der Waals surface area contributed by atoms with Crippen molar-refractivity contribution < 1.29 is 19.1 Å². The minimum Gasteiger partial charge on any atom is -0.492 e. The summed E-state index contributed by atoms with van der Waals surface area (Å²) >= 11 is 0. The summed E-state index contributed by atoms with van der Waals surface area (Å²) in [5.74, 6) is 1.13. The lowest BCUT2D eigenvalue weighted by Gasteiger charge is -2.39. The lowest BCUT2D eigenvalue weighted by molar-refractivity contribution is -0.121. The van der Waals surface area contributed by atoms with Crippen LogP contribution in [0.1, 0.15) is 67.4 Å². The molecule has 0 saturated carbocycles. The molecule has 1 N–H and O–H groups in total. The molecule has 5 rings (SSSR count). The lowest BCUT2D eigenvalue weighted by Crippen LogP contribution is -2.48. The molecule has 9 heteroatoms. The molecule has 2 saturated heterocycles. The third-order valence-corrected chi connectivity index (χ3v) is 9.30. The summed E-state index contributed by atoms with van der Waals surface area (Å²) in [6, 6.07) is 14.2. The maximum Gasteiger partial charge on any atom is 0.255 e. The van der Waals surface area contributed by atoms with Gasteiger partial charge in [-0.3, -0.25) is 19.4 Å². The van der Waals surface area contributed by atoms with Crippen LogP contribution in [0.3, 0.4) is 0 Å². The number of fused-ring (bicyclic) bond motifs is 1. The van der Waals surface area contributed by atoms with Gasteiger partial charge in [-0.1, -0.05) is 38.5 Å². The molecule has 0 aliphatic carbocycles. The zero-order chi connectivity index (χ0) is 31.1. The van der Waals surface area contributed by atoms with Crippen LogP contribution in [0.5, 0.6) is 5.75 Å². The first-order chi connectivity index (χ1) is 21.4. The Hall–Kier alpha value is -3.43. The average molecular weight is 604 g/mol. The number of piperazine rings is 1. The van der Waals surface area contributed by atoms with Gasteiger partial charge in [-0.2, -0.15) is 0 Å². The van der Waals surface area contributed by atoms with Gasteiger partial charge in [0, 0.05) is 76.6 Å². The van der Waals surface area contributed by atoms with Crippen molar-refractivity contribution in [1.82, 2.24) is 20.0 Å². The van der Waals surface area contributed by atoms with Gasteiger partial charge in [-0.05, 0) is 67.1 Å². The quantitative estimate of drug-likeness (QED) is 0.347. The van der Waals surface area contributed by atoms with E-state index in [4.69, 9.17) is 4.74 Å². The van der Waals surface area contributed by atoms with Crippen molar-refractivity contribution >= 4 is 23.8 Å². The van der Waals surface area contributed by atoms with E-state index in [0.717, 1.165) is 63.3 Å². The highest BCUT2D eigenvalue weighted by molar-refractivity contribution is 6.00. The van der Waals surface area contributed by atoms with Crippen LogP contribution in [0, 0.1) is 5.92 Å². The molecule has 3 heterocycles. The van der Waals surface area contributed by atoms with Crippen LogP contribution in [-0.4, -0.2) is 97.8 Å². The van der Waals surface area contributed by atoms with Gasteiger partial charge in [0.15, 0.2) is 0 Å². The molecule has 2 aromatic carbocycles. The van der Waals surface area contributed by atoms with E-state index in [9.17, 15) is 14.4 Å². The molecule has 3 aliphatic rings. The summed E-state index contributed by atoms with van der Waals surface area (Å²) in [6.45, 7) is 13.0. The molecule has 2 atom stereocenters. The second kappa shape index (κ2) is 15.0. The Morgan fingerprint density at radius 3 is 2.61 bits per heavy atom. The fraction of sp³-hybridized carbons (Fsp3) is 0.571. The number of ether oxygens (including phenoxy) is 1. The molecule has 2 amide bonds. The Labute approximate surface area is 262 Å². The maximum atomic E-state index is 13.1. The molecular formula is C35H49N5O4. The lowest BCUT2D eigenvalue weighted by atomic mass is 10.0. The van der Waals surface area contributed by atoms with Gasteiger partial charge < -0.3 is 24.6 Å². The minimum absolute atomic E-state index is 0.142. The van der Waals surface area contributed by atoms with Gasteiger partial charge in [0.1, 0.15) is 18.6 Å². The normalized spacial score (nSPS) is 20.1. The number of anilines is 1. The van der Waals surface area contributed by atoms with E-state index in [1.54, 1.807) is 11.9 Å². The van der Waals surface area contributed by atoms with Crippen molar-refractivity contribution in [2.75, 3.05) is 57.8 Å². The highest BCUT2D eigenvalue weighted by Gasteiger charge is 2.33. The number of hydrogen-bond acceptors (Lipinski definition) is 7. The number of amides is 2. The van der Waals surface area contributed by atoms with Crippen LogP contribution >= 0.6 is 0 Å². The fourth-order valence-corrected chi connectivity index (χ4v) is 6.89. The van der Waals surface area contributed by atoms with Crippen molar-refractivity contribution in [3.05, 3.63) is 59.2 Å². The van der Waals surface area contributed by atoms with Crippen LogP contribution < -0.4 is 15.0 Å². The predicted molar refractivity (Wildman–Crippen MR) is 173 cm³/mol. The van der Waals surface area contributed by atoms with Crippen LogP contribution in [0.2, 0.25) is 0 Å². The fourth-order valence-electron chi connectivity index (χ4n) is 6.89. The van der Waals surface area contributed by atoms with Crippen LogP contribution in [-0.2, 0) is 22.7 Å². The summed E-state index contributed by atoms with van der Waals surface area (Å²) in [5.41, 5.74) is 4.21. The van der Waals surface area contributed by atoms with Crippen molar-refractivity contribution in [1.29, 1.82) is 0 Å². The summed E-state index contributed by atoms with van der Waals surface area (Å²) in [6.07, 6.45) is 4.77. The molecule has 44 heavy (non-hydrogen) atoms. The molecule has 9 nitrogen and oxygen atoms in total. The monoisotopic (exact) mass is 603 g/mol. The Bertz CT molecular complexity index is 1290. The number of rotatable bonds is 13. The number of hydrogen-bond donors (Lipinski definition) is 1. The van der Waals surface area contributed by atoms with Crippen molar-refractivity contribution in [2.24, 2.45) is 5.92 Å². The van der Waals surface area contributed by atoms with Crippen molar-refractivity contribution in [3.8, 4) is 5.75 Å². The summed E-state index contributed by atoms with van der Waals surface area (Å²) in [5, 5.41) is 2.57. The number of aldehydes is 1. The Morgan fingerprint density at radius 1 is 1.07 bits per heavy atom. The van der Waals surface area contributed by atoms with Gasteiger partial charge in [0.05, 0.1) is 6.04 Å². The number of carbonyl (C=O) groups is 3. The van der Waals surface area contributed by atoms with Gasteiger partial charge in [0.2, 0.25) is 5.91 Å². The Balaban J connectivity index is 1.19. The van der Waals surface area contributed by atoms with E-state index in [1.807, 2.05) is 18.2 Å². The largest absolute Gasteiger partial charge is 0.492 e. The third-order valence-electron chi connectivity index (χ3n) is 9.30. The van der Waals surface area contributed by atoms with E-state index in [1.165, 1.54) is 30.6 Å². The number of piperidine rings is 1. The smallest absolute Gasteiger partial charge is 0.255 e. The van der Waals surface area contributed by atoms with Gasteiger partial charge in [0.25, 0.3) is 5.91 Å². The van der Waals surface area contributed by atoms with E-state index in [2.05, 4.69) is 58.1 Å². The highest BCUT2D eigenvalue weighted by Crippen LogP contribution is 2.31. The van der Waals surface area contributed by atoms with Crippen LogP contribution in [0.15, 0.2) is 42.5 Å². The topological polar surface area (TPSA) is 85.4 Å². The summed E-state index contributed by atoms with van der Waals surface area (Å²) < 4.78 is 6.37. The first-order valence-corrected chi connectivity index (χ1v) is 16.4. The van der Waals surface area contributed by atoms with Gasteiger partial charge in [-0.15, -0.1) is 0 Å². The molecule has 2 fully saturated rings.